The molecule has 0 unspecified atom stereocenters. The monoisotopic (exact) mass is 361 g/mol. The first-order chi connectivity index (χ1) is 13.1. The van der Waals surface area contributed by atoms with E-state index >= 15 is 0 Å². The molecule has 1 N–H and O–H groups in total. The van der Waals surface area contributed by atoms with Crippen LogP contribution in [-0.2, 0) is 11.3 Å². The minimum absolute atomic E-state index is 0.0528. The summed E-state index contributed by atoms with van der Waals surface area (Å²) in [6.07, 6.45) is 3.18. The van der Waals surface area contributed by atoms with Gasteiger partial charge < -0.3 is 4.57 Å². The lowest BCUT2D eigenvalue weighted by Gasteiger charge is -2.05. The number of rotatable bonds is 6. The number of nitrogens with one attached hydrogen (secondary N) is 1. The van der Waals surface area contributed by atoms with Crippen LogP contribution in [0.1, 0.15) is 17.5 Å². The zero-order valence-corrected chi connectivity index (χ0v) is 14.2. The van der Waals surface area contributed by atoms with Gasteiger partial charge in [-0.05, 0) is 11.6 Å². The molecule has 0 saturated heterocycles. The fraction of sp³-hybridized carbons (Fsp3) is 0.105. The van der Waals surface area contributed by atoms with Gasteiger partial charge in [-0.25, -0.2) is 5.43 Å². The summed E-state index contributed by atoms with van der Waals surface area (Å²) >= 11 is 0. The molecule has 3 rings (SSSR count). The van der Waals surface area contributed by atoms with E-state index in [2.05, 4.69) is 10.5 Å². The minimum Gasteiger partial charge on any atom is -0.342 e. The topological polar surface area (TPSA) is 113 Å². The maximum Gasteiger partial charge on any atom is 0.269 e. The van der Waals surface area contributed by atoms with Crippen molar-refractivity contribution in [3.8, 4) is 6.07 Å². The summed E-state index contributed by atoms with van der Waals surface area (Å²) in [5, 5.41) is 24.1. The van der Waals surface area contributed by atoms with Gasteiger partial charge in [-0.2, -0.15) is 10.4 Å². The molecule has 0 radical (unpaired) electrons. The molecular formula is C19H15N5O3. The van der Waals surface area contributed by atoms with Crippen molar-refractivity contribution in [2.24, 2.45) is 5.10 Å². The van der Waals surface area contributed by atoms with Gasteiger partial charge in [-0.3, -0.25) is 14.9 Å². The van der Waals surface area contributed by atoms with Gasteiger partial charge in [0.2, 0.25) is 0 Å². The second kappa shape index (κ2) is 7.93. The molecule has 0 aliphatic rings. The highest BCUT2D eigenvalue weighted by molar-refractivity contribution is 5.99. The molecule has 0 aliphatic heterocycles. The van der Waals surface area contributed by atoms with E-state index in [0.717, 1.165) is 22.0 Å². The van der Waals surface area contributed by atoms with Crippen molar-refractivity contribution >= 4 is 28.7 Å². The van der Waals surface area contributed by atoms with Crippen molar-refractivity contribution in [3.05, 3.63) is 76.0 Å². The molecule has 8 heteroatoms. The molecule has 134 valence electrons. The van der Waals surface area contributed by atoms with Gasteiger partial charge >= 0.3 is 0 Å². The third kappa shape index (κ3) is 4.16. The Morgan fingerprint density at radius 2 is 2.00 bits per heavy atom. The average molecular weight is 361 g/mol. The highest BCUT2D eigenvalue weighted by Gasteiger charge is 2.09. The summed E-state index contributed by atoms with van der Waals surface area (Å²) in [5.41, 5.74) is 5.07. The Morgan fingerprint density at radius 3 is 2.70 bits per heavy atom. The standard InChI is InChI=1S/C19H15N5O3/c20-10-9-19(25)22-21-11-15-13-23(18-4-2-1-3-17(15)18)12-14-5-7-16(8-6-14)24(26)27/h1-8,11,13H,9,12H2,(H,22,25)/b21-11+. The number of para-hydroxylation sites is 1. The number of nitro groups is 1. The molecule has 2 aromatic carbocycles. The molecule has 3 aromatic rings. The van der Waals surface area contributed by atoms with Gasteiger partial charge in [0, 0.05) is 41.3 Å². The maximum absolute atomic E-state index is 11.3. The number of benzene rings is 2. The fourth-order valence-electron chi connectivity index (χ4n) is 2.71. The number of aromatic nitrogens is 1. The van der Waals surface area contributed by atoms with Crippen LogP contribution in [0.4, 0.5) is 5.69 Å². The zero-order valence-electron chi connectivity index (χ0n) is 14.2. The Balaban J connectivity index is 1.86. The van der Waals surface area contributed by atoms with Crippen LogP contribution in [-0.4, -0.2) is 21.6 Å². The quantitative estimate of drug-likeness (QED) is 0.413. The van der Waals surface area contributed by atoms with E-state index in [1.165, 1.54) is 18.3 Å². The SMILES string of the molecule is N#CCC(=O)N/N=C/c1cn(Cc2ccc([N+](=O)[O-])cc2)c2ccccc12. The largest absolute Gasteiger partial charge is 0.342 e. The second-order valence-electron chi connectivity index (χ2n) is 5.78. The van der Waals surface area contributed by atoms with E-state index in [4.69, 9.17) is 5.26 Å². The first kappa shape index (κ1) is 17.8. The summed E-state index contributed by atoms with van der Waals surface area (Å²) in [6.45, 7) is 0.535. The van der Waals surface area contributed by atoms with E-state index in [1.54, 1.807) is 18.2 Å². The van der Waals surface area contributed by atoms with Crippen LogP contribution in [0.5, 0.6) is 0 Å². The second-order valence-corrected chi connectivity index (χ2v) is 5.78. The molecule has 0 aliphatic carbocycles. The van der Waals surface area contributed by atoms with Crippen LogP contribution in [0.3, 0.4) is 0 Å². The number of carbonyl (C=O) groups is 1. The summed E-state index contributed by atoms with van der Waals surface area (Å²) in [5.74, 6) is -0.469. The molecule has 1 aromatic heterocycles. The molecule has 0 atom stereocenters. The van der Waals surface area contributed by atoms with Crippen LogP contribution >= 0.6 is 0 Å². The van der Waals surface area contributed by atoms with E-state index in [1.807, 2.05) is 35.0 Å². The Bertz CT molecular complexity index is 1060. The van der Waals surface area contributed by atoms with Crippen molar-refractivity contribution in [2.45, 2.75) is 13.0 Å². The number of nitrogens with zero attached hydrogens (tertiary/aromatic N) is 4. The normalized spacial score (nSPS) is 10.8. The molecule has 0 bridgehead atoms. The van der Waals surface area contributed by atoms with Crippen LogP contribution in [0.2, 0.25) is 0 Å². The van der Waals surface area contributed by atoms with E-state index in [-0.39, 0.29) is 12.1 Å². The molecule has 0 saturated carbocycles. The molecule has 0 fully saturated rings. The Labute approximate surface area is 154 Å². The number of nitro benzene ring substituents is 1. The number of amides is 1. The van der Waals surface area contributed by atoms with Gasteiger partial charge in [-0.15, -0.1) is 0 Å². The Morgan fingerprint density at radius 1 is 1.26 bits per heavy atom. The van der Waals surface area contributed by atoms with Gasteiger partial charge in [0.05, 0.1) is 17.2 Å². The highest BCUT2D eigenvalue weighted by atomic mass is 16.6. The van der Waals surface area contributed by atoms with Gasteiger partial charge in [0.15, 0.2) is 0 Å². The van der Waals surface area contributed by atoms with Crippen molar-refractivity contribution in [1.82, 2.24) is 9.99 Å². The van der Waals surface area contributed by atoms with Crippen molar-refractivity contribution < 1.29 is 9.72 Å². The summed E-state index contributed by atoms with van der Waals surface area (Å²) < 4.78 is 2.01. The summed E-state index contributed by atoms with van der Waals surface area (Å²) in [4.78, 5) is 21.7. The predicted molar refractivity (Wildman–Crippen MR) is 100 cm³/mol. The van der Waals surface area contributed by atoms with Crippen molar-refractivity contribution in [3.63, 3.8) is 0 Å². The highest BCUT2D eigenvalue weighted by Crippen LogP contribution is 2.22. The van der Waals surface area contributed by atoms with Gasteiger partial charge in [0.25, 0.3) is 11.6 Å². The summed E-state index contributed by atoms with van der Waals surface area (Å²) in [7, 11) is 0. The predicted octanol–water partition coefficient (Wildman–Crippen LogP) is 2.96. The fourth-order valence-corrected chi connectivity index (χ4v) is 2.71. The van der Waals surface area contributed by atoms with Crippen molar-refractivity contribution in [2.75, 3.05) is 0 Å². The lowest BCUT2D eigenvalue weighted by Crippen LogP contribution is -2.16. The number of hydrazone groups is 1. The van der Waals surface area contributed by atoms with Gasteiger partial charge in [0.1, 0.15) is 6.42 Å². The summed E-state index contributed by atoms with van der Waals surface area (Å²) in [6, 6.07) is 15.9. The van der Waals surface area contributed by atoms with Crippen LogP contribution in [0.25, 0.3) is 10.9 Å². The molecule has 1 heterocycles. The number of hydrogen-bond acceptors (Lipinski definition) is 5. The number of nitriles is 1. The van der Waals surface area contributed by atoms with E-state index in [0.29, 0.717) is 6.54 Å². The Hall–Kier alpha value is -3.99. The molecule has 27 heavy (non-hydrogen) atoms. The average Bonchev–Trinajstić information content (AvgIpc) is 3.00. The number of hydrogen-bond donors (Lipinski definition) is 1. The third-order valence-electron chi connectivity index (χ3n) is 3.95. The first-order valence-electron chi connectivity index (χ1n) is 8.08. The number of carbonyl (C=O) groups excluding carboxylic acids is 1. The zero-order chi connectivity index (χ0) is 19.2. The number of non-ortho nitro benzene ring substituents is 1. The Kier molecular flexibility index (Phi) is 5.23. The lowest BCUT2D eigenvalue weighted by molar-refractivity contribution is -0.384. The lowest BCUT2D eigenvalue weighted by atomic mass is 10.2. The van der Waals surface area contributed by atoms with E-state index in [9.17, 15) is 14.9 Å². The van der Waals surface area contributed by atoms with Crippen molar-refractivity contribution in [1.29, 1.82) is 5.26 Å². The smallest absolute Gasteiger partial charge is 0.269 e. The first-order valence-corrected chi connectivity index (χ1v) is 8.08. The number of fused-ring (bicyclic) bond motifs is 1. The van der Waals surface area contributed by atoms with Gasteiger partial charge in [-0.1, -0.05) is 30.3 Å². The maximum atomic E-state index is 11.3. The molecular weight excluding hydrogens is 346 g/mol. The molecule has 8 nitrogen and oxygen atoms in total. The third-order valence-corrected chi connectivity index (χ3v) is 3.95. The minimum atomic E-state index is -0.469. The van der Waals surface area contributed by atoms with E-state index < -0.39 is 10.8 Å². The van der Waals surface area contributed by atoms with Crippen LogP contribution < -0.4 is 5.43 Å². The van der Waals surface area contributed by atoms with Crippen LogP contribution in [0.15, 0.2) is 59.8 Å². The van der Waals surface area contributed by atoms with Crippen LogP contribution in [0, 0.1) is 21.4 Å². The molecule has 1 amide bonds. The molecule has 0 spiro atoms.